The highest BCUT2D eigenvalue weighted by Crippen LogP contribution is 1.89. The summed E-state index contributed by atoms with van der Waals surface area (Å²) in [5.74, 6) is 4.90. The van der Waals surface area contributed by atoms with Crippen LogP contribution in [0.5, 0.6) is 0 Å². The Hall–Kier alpha value is -0.160. The van der Waals surface area contributed by atoms with Crippen LogP contribution in [0.2, 0.25) is 0 Å². The summed E-state index contributed by atoms with van der Waals surface area (Å²) in [6, 6.07) is 0. The number of nitrogens with two attached hydrogens (primary N) is 1. The van der Waals surface area contributed by atoms with Crippen LogP contribution < -0.4 is 11.2 Å². The van der Waals surface area contributed by atoms with Gasteiger partial charge in [0.2, 0.25) is 0 Å². The molecule has 0 aromatic heterocycles. The molecule has 1 saturated heterocycles. The third-order valence-corrected chi connectivity index (χ3v) is 1.73. The van der Waals surface area contributed by atoms with Gasteiger partial charge in [0.25, 0.3) is 0 Å². The minimum Gasteiger partial charge on any atom is -0.314 e. The average Bonchev–Trinajstić information content (AvgIpc) is 2.03. The second-order valence-corrected chi connectivity index (χ2v) is 2.46. The largest absolute Gasteiger partial charge is 0.314 e. The van der Waals surface area contributed by atoms with Crippen LogP contribution in [-0.2, 0) is 4.84 Å². The molecule has 0 aromatic rings. The lowest BCUT2D eigenvalue weighted by Crippen LogP contribution is -2.44. The van der Waals surface area contributed by atoms with Gasteiger partial charge in [-0.1, -0.05) is 0 Å². The Labute approximate surface area is 61.3 Å². The predicted molar refractivity (Wildman–Crippen MR) is 39.4 cm³/mol. The molecule has 0 aromatic carbocycles. The molecule has 1 aliphatic rings. The fourth-order valence-corrected chi connectivity index (χ4v) is 1.12. The zero-order valence-corrected chi connectivity index (χ0v) is 6.18. The zero-order valence-electron chi connectivity index (χ0n) is 6.18. The van der Waals surface area contributed by atoms with Crippen LogP contribution in [0, 0.1) is 0 Å². The van der Waals surface area contributed by atoms with E-state index in [1.54, 1.807) is 0 Å². The van der Waals surface area contributed by atoms with Crippen LogP contribution in [0.25, 0.3) is 0 Å². The van der Waals surface area contributed by atoms with Crippen molar-refractivity contribution in [2.75, 3.05) is 39.3 Å². The summed E-state index contributed by atoms with van der Waals surface area (Å²) in [5, 5.41) is 3.28. The van der Waals surface area contributed by atoms with Crippen LogP contribution in [0.15, 0.2) is 0 Å². The van der Waals surface area contributed by atoms with Crippen LogP contribution >= 0.6 is 0 Å². The van der Waals surface area contributed by atoms with Crippen molar-refractivity contribution in [2.24, 2.45) is 5.90 Å². The maximum atomic E-state index is 4.90. The molecule has 60 valence electrons. The van der Waals surface area contributed by atoms with E-state index in [1.807, 2.05) is 0 Å². The fourth-order valence-electron chi connectivity index (χ4n) is 1.12. The van der Waals surface area contributed by atoms with Crippen molar-refractivity contribution in [1.82, 2.24) is 10.2 Å². The number of hydrogen-bond donors (Lipinski definition) is 2. The molecule has 1 aliphatic heterocycles. The molecule has 4 nitrogen and oxygen atoms in total. The molecule has 0 atom stereocenters. The summed E-state index contributed by atoms with van der Waals surface area (Å²) in [7, 11) is 0. The van der Waals surface area contributed by atoms with Gasteiger partial charge in [-0.15, -0.1) is 0 Å². The lowest BCUT2D eigenvalue weighted by molar-refractivity contribution is 0.101. The SMILES string of the molecule is NOCCN1CCNCC1. The molecule has 0 spiro atoms. The smallest absolute Gasteiger partial charge is 0.0806 e. The van der Waals surface area contributed by atoms with Gasteiger partial charge in [0.15, 0.2) is 0 Å². The molecule has 10 heavy (non-hydrogen) atoms. The molecular weight excluding hydrogens is 130 g/mol. The number of nitrogens with zero attached hydrogens (tertiary/aromatic N) is 1. The molecule has 0 amide bonds. The maximum Gasteiger partial charge on any atom is 0.0806 e. The van der Waals surface area contributed by atoms with Gasteiger partial charge < -0.3 is 10.2 Å². The summed E-state index contributed by atoms with van der Waals surface area (Å²) >= 11 is 0. The number of nitrogens with one attached hydrogen (secondary N) is 1. The van der Waals surface area contributed by atoms with E-state index in [1.165, 1.54) is 0 Å². The van der Waals surface area contributed by atoms with Crippen molar-refractivity contribution in [3.8, 4) is 0 Å². The molecule has 0 radical (unpaired) electrons. The van der Waals surface area contributed by atoms with E-state index in [4.69, 9.17) is 5.90 Å². The first-order chi connectivity index (χ1) is 4.93. The van der Waals surface area contributed by atoms with Crippen LogP contribution in [-0.4, -0.2) is 44.2 Å². The lowest BCUT2D eigenvalue weighted by atomic mass is 10.4. The topological polar surface area (TPSA) is 50.5 Å². The Morgan fingerprint density at radius 3 is 2.70 bits per heavy atom. The van der Waals surface area contributed by atoms with Gasteiger partial charge in [0, 0.05) is 32.7 Å². The third-order valence-electron chi connectivity index (χ3n) is 1.73. The fraction of sp³-hybridized carbons (Fsp3) is 1.00. The Morgan fingerprint density at radius 1 is 1.40 bits per heavy atom. The van der Waals surface area contributed by atoms with Crippen LogP contribution in [0.3, 0.4) is 0 Å². The van der Waals surface area contributed by atoms with Gasteiger partial charge in [-0.05, 0) is 0 Å². The van der Waals surface area contributed by atoms with Gasteiger partial charge in [-0.25, -0.2) is 5.90 Å². The molecule has 0 bridgehead atoms. The number of hydrogen-bond acceptors (Lipinski definition) is 4. The van der Waals surface area contributed by atoms with Gasteiger partial charge >= 0.3 is 0 Å². The summed E-state index contributed by atoms with van der Waals surface area (Å²) < 4.78 is 0. The normalized spacial score (nSPS) is 21.3. The van der Waals surface area contributed by atoms with Crippen LogP contribution in [0.4, 0.5) is 0 Å². The number of rotatable bonds is 3. The quantitative estimate of drug-likeness (QED) is 0.489. The van der Waals surface area contributed by atoms with Gasteiger partial charge in [0.1, 0.15) is 0 Å². The van der Waals surface area contributed by atoms with E-state index in [0.717, 1.165) is 32.7 Å². The molecule has 0 unspecified atom stereocenters. The summed E-state index contributed by atoms with van der Waals surface area (Å²) in [4.78, 5) is 6.82. The second-order valence-electron chi connectivity index (χ2n) is 2.46. The van der Waals surface area contributed by atoms with Crippen LogP contribution in [0.1, 0.15) is 0 Å². The summed E-state index contributed by atoms with van der Waals surface area (Å²) in [6.07, 6.45) is 0. The molecule has 1 rings (SSSR count). The van der Waals surface area contributed by atoms with Gasteiger partial charge in [-0.3, -0.25) is 4.90 Å². The molecule has 0 aliphatic carbocycles. The summed E-state index contributed by atoms with van der Waals surface area (Å²) in [5.41, 5.74) is 0. The molecule has 1 heterocycles. The zero-order chi connectivity index (χ0) is 7.23. The molecule has 1 fully saturated rings. The Balaban J connectivity index is 2.02. The predicted octanol–water partition coefficient (Wildman–Crippen LogP) is -1.22. The van der Waals surface area contributed by atoms with E-state index < -0.39 is 0 Å². The van der Waals surface area contributed by atoms with E-state index in [2.05, 4.69) is 15.1 Å². The highest BCUT2D eigenvalue weighted by Gasteiger charge is 2.07. The highest BCUT2D eigenvalue weighted by molar-refractivity contribution is 4.66. The Morgan fingerprint density at radius 2 is 2.10 bits per heavy atom. The van der Waals surface area contributed by atoms with Gasteiger partial charge in [0.05, 0.1) is 6.61 Å². The van der Waals surface area contributed by atoms with E-state index >= 15 is 0 Å². The van der Waals surface area contributed by atoms with Crippen molar-refractivity contribution < 1.29 is 4.84 Å². The molecule has 3 N–H and O–H groups in total. The first-order valence-electron chi connectivity index (χ1n) is 3.68. The minimum absolute atomic E-state index is 0.639. The standard InChI is InChI=1S/C6H15N3O/c7-10-6-5-9-3-1-8-2-4-9/h8H,1-7H2. The van der Waals surface area contributed by atoms with Crippen molar-refractivity contribution in [2.45, 2.75) is 0 Å². The lowest BCUT2D eigenvalue weighted by Gasteiger charge is -2.26. The highest BCUT2D eigenvalue weighted by atomic mass is 16.6. The first-order valence-corrected chi connectivity index (χ1v) is 3.68. The summed E-state index contributed by atoms with van der Waals surface area (Å²) in [6.45, 7) is 6.00. The maximum absolute atomic E-state index is 4.90. The average molecular weight is 145 g/mol. The van der Waals surface area contributed by atoms with Crippen molar-refractivity contribution in [3.05, 3.63) is 0 Å². The van der Waals surface area contributed by atoms with E-state index in [0.29, 0.717) is 6.61 Å². The van der Waals surface area contributed by atoms with Crippen molar-refractivity contribution >= 4 is 0 Å². The number of piperazine rings is 1. The molecule has 0 saturated carbocycles. The van der Waals surface area contributed by atoms with Crippen molar-refractivity contribution in [3.63, 3.8) is 0 Å². The van der Waals surface area contributed by atoms with E-state index in [9.17, 15) is 0 Å². The first kappa shape index (κ1) is 7.94. The molecular formula is C6H15N3O. The van der Waals surface area contributed by atoms with E-state index in [-0.39, 0.29) is 0 Å². The Kier molecular flexibility index (Phi) is 3.67. The van der Waals surface area contributed by atoms with Gasteiger partial charge in [-0.2, -0.15) is 0 Å². The third kappa shape index (κ3) is 2.62. The van der Waals surface area contributed by atoms with Crippen molar-refractivity contribution in [1.29, 1.82) is 0 Å². The monoisotopic (exact) mass is 145 g/mol. The second kappa shape index (κ2) is 4.62. The Bertz CT molecular complexity index is 83.1. The molecule has 4 heteroatoms. The minimum atomic E-state index is 0.639.